The lowest BCUT2D eigenvalue weighted by atomic mass is 10.2. The molecule has 1 aromatic carbocycles. The van der Waals surface area contributed by atoms with E-state index in [0.29, 0.717) is 50.7 Å². The topological polar surface area (TPSA) is 91.8 Å². The van der Waals surface area contributed by atoms with Crippen LogP contribution in [0.25, 0.3) is 0 Å². The van der Waals surface area contributed by atoms with Crippen molar-refractivity contribution >= 4 is 17.8 Å². The van der Waals surface area contributed by atoms with Crippen molar-refractivity contribution in [2.45, 2.75) is 27.3 Å². The highest BCUT2D eigenvalue weighted by Crippen LogP contribution is 2.27. The van der Waals surface area contributed by atoms with E-state index in [1.165, 1.54) is 0 Å². The van der Waals surface area contributed by atoms with Crippen LogP contribution in [-0.2, 0) is 16.1 Å². The highest BCUT2D eigenvalue weighted by atomic mass is 16.6. The van der Waals surface area contributed by atoms with Crippen molar-refractivity contribution in [3.63, 3.8) is 0 Å². The largest absolute Gasteiger partial charge is 0.450 e. The Bertz CT molecular complexity index is 969. The van der Waals surface area contributed by atoms with Crippen LogP contribution in [0.3, 0.4) is 0 Å². The van der Waals surface area contributed by atoms with Gasteiger partial charge in [-0.15, -0.1) is 0 Å². The zero-order valence-corrected chi connectivity index (χ0v) is 18.4. The second kappa shape index (κ2) is 10.1. The zero-order valence-electron chi connectivity index (χ0n) is 18.4. The molecule has 1 aliphatic rings. The Labute approximate surface area is 183 Å². The van der Waals surface area contributed by atoms with Crippen LogP contribution in [0.15, 0.2) is 30.3 Å². The van der Waals surface area contributed by atoms with Gasteiger partial charge in [-0.05, 0) is 31.9 Å². The van der Waals surface area contributed by atoms with Crippen molar-refractivity contribution in [3.8, 4) is 6.07 Å². The molecule has 0 atom stereocenters. The number of nitrogens with one attached hydrogen (secondary N) is 2. The molecular formula is C23H30N5O3+. The van der Waals surface area contributed by atoms with E-state index >= 15 is 0 Å². The van der Waals surface area contributed by atoms with E-state index in [9.17, 15) is 14.9 Å². The smallest absolute Gasteiger partial charge is 0.410 e. The Morgan fingerprint density at radius 1 is 1.19 bits per heavy atom. The van der Waals surface area contributed by atoms with Crippen LogP contribution in [0.2, 0.25) is 0 Å². The van der Waals surface area contributed by atoms with E-state index < -0.39 is 0 Å². The van der Waals surface area contributed by atoms with Gasteiger partial charge in [0.05, 0.1) is 38.3 Å². The van der Waals surface area contributed by atoms with Crippen molar-refractivity contribution in [2.24, 2.45) is 0 Å². The number of carbonyl (C=O) groups excluding carboxylic acids is 2. The Hall–Kier alpha value is -3.31. The fourth-order valence-corrected chi connectivity index (χ4v) is 3.89. The minimum absolute atomic E-state index is 0.136. The Morgan fingerprint density at radius 2 is 1.87 bits per heavy atom. The third-order valence-corrected chi connectivity index (χ3v) is 5.79. The van der Waals surface area contributed by atoms with Crippen LogP contribution in [0.5, 0.6) is 0 Å². The summed E-state index contributed by atoms with van der Waals surface area (Å²) in [5.41, 5.74) is 3.44. The number of anilines is 1. The first-order valence-electron chi connectivity index (χ1n) is 10.6. The zero-order chi connectivity index (χ0) is 22.4. The van der Waals surface area contributed by atoms with Crippen LogP contribution < -0.4 is 10.2 Å². The summed E-state index contributed by atoms with van der Waals surface area (Å²) >= 11 is 0. The molecule has 2 amide bonds. The fraction of sp³-hybridized carbons (Fsp3) is 0.435. The molecule has 8 heteroatoms. The molecule has 2 heterocycles. The second-order valence-corrected chi connectivity index (χ2v) is 7.78. The number of quaternary nitrogens is 1. The van der Waals surface area contributed by atoms with Gasteiger partial charge in [0.25, 0.3) is 5.91 Å². The van der Waals surface area contributed by atoms with Gasteiger partial charge in [-0.25, -0.2) is 4.79 Å². The lowest BCUT2D eigenvalue weighted by Gasteiger charge is -2.31. The number of aromatic nitrogens is 1. The lowest BCUT2D eigenvalue weighted by Crippen LogP contribution is -3.15. The Balaban J connectivity index is 1.68. The number of amides is 2. The summed E-state index contributed by atoms with van der Waals surface area (Å²) < 4.78 is 7.04. The number of hydrogen-bond acceptors (Lipinski definition) is 4. The van der Waals surface area contributed by atoms with Crippen LogP contribution in [0, 0.1) is 25.2 Å². The summed E-state index contributed by atoms with van der Waals surface area (Å²) in [6.07, 6.45) is -0.297. The SMILES string of the molecule is CCOC(=O)N1CC[NH+](CC(=O)Nc2c(C#N)c(C)c(C)n2Cc2ccccc2)CC1. The van der Waals surface area contributed by atoms with Gasteiger partial charge >= 0.3 is 6.09 Å². The number of benzene rings is 1. The molecule has 0 radical (unpaired) electrons. The first-order chi connectivity index (χ1) is 14.9. The van der Waals surface area contributed by atoms with Crippen molar-refractivity contribution in [3.05, 3.63) is 52.7 Å². The van der Waals surface area contributed by atoms with Gasteiger partial charge in [0.15, 0.2) is 6.54 Å². The van der Waals surface area contributed by atoms with Crippen molar-refractivity contribution in [1.82, 2.24) is 9.47 Å². The molecule has 1 saturated heterocycles. The molecule has 1 fully saturated rings. The van der Waals surface area contributed by atoms with Gasteiger partial charge in [-0.1, -0.05) is 30.3 Å². The first-order valence-corrected chi connectivity index (χ1v) is 10.6. The summed E-state index contributed by atoms with van der Waals surface area (Å²) in [4.78, 5) is 27.5. The van der Waals surface area contributed by atoms with E-state index in [4.69, 9.17) is 4.74 Å². The van der Waals surface area contributed by atoms with Crippen molar-refractivity contribution in [2.75, 3.05) is 44.6 Å². The Kier molecular flexibility index (Phi) is 7.32. The molecule has 1 aliphatic heterocycles. The number of rotatable bonds is 6. The number of hydrogen-bond donors (Lipinski definition) is 2. The number of carbonyl (C=O) groups is 2. The van der Waals surface area contributed by atoms with Crippen LogP contribution >= 0.6 is 0 Å². The maximum absolute atomic E-state index is 12.8. The van der Waals surface area contributed by atoms with Gasteiger partial charge < -0.3 is 19.5 Å². The number of piperazine rings is 1. The molecule has 31 heavy (non-hydrogen) atoms. The summed E-state index contributed by atoms with van der Waals surface area (Å²) in [7, 11) is 0. The lowest BCUT2D eigenvalue weighted by molar-refractivity contribution is -0.895. The molecule has 0 bridgehead atoms. The van der Waals surface area contributed by atoms with Gasteiger partial charge in [0.2, 0.25) is 0 Å². The van der Waals surface area contributed by atoms with Crippen molar-refractivity contribution in [1.29, 1.82) is 5.26 Å². The molecule has 1 aromatic heterocycles. The quantitative estimate of drug-likeness (QED) is 0.732. The van der Waals surface area contributed by atoms with Crippen molar-refractivity contribution < 1.29 is 19.2 Å². The summed E-state index contributed by atoms with van der Waals surface area (Å²) in [5.74, 6) is 0.416. The maximum atomic E-state index is 12.8. The summed E-state index contributed by atoms with van der Waals surface area (Å²) in [6, 6.07) is 12.2. The maximum Gasteiger partial charge on any atom is 0.410 e. The fourth-order valence-electron chi connectivity index (χ4n) is 3.89. The van der Waals surface area contributed by atoms with Crippen LogP contribution in [0.1, 0.15) is 29.3 Å². The normalized spacial score (nSPS) is 14.2. The molecule has 164 valence electrons. The molecule has 0 saturated carbocycles. The highest BCUT2D eigenvalue weighted by molar-refractivity contribution is 5.92. The van der Waals surface area contributed by atoms with E-state index in [2.05, 4.69) is 11.4 Å². The monoisotopic (exact) mass is 424 g/mol. The number of nitrogens with zero attached hydrogens (tertiary/aromatic N) is 3. The van der Waals surface area contributed by atoms with Gasteiger partial charge in [-0.2, -0.15) is 5.26 Å². The standard InChI is InChI=1S/C23H29N5O3/c1-4-31-23(30)27-12-10-26(11-13-27)16-21(29)25-22-20(14-24)17(2)18(3)28(22)15-19-8-6-5-7-9-19/h5-9H,4,10-13,15-16H2,1-3H3,(H,25,29)/p+1. The second-order valence-electron chi connectivity index (χ2n) is 7.78. The van der Waals surface area contributed by atoms with Crippen LogP contribution in [-0.4, -0.2) is 60.8 Å². The minimum Gasteiger partial charge on any atom is -0.450 e. The number of ether oxygens (including phenoxy) is 1. The third kappa shape index (κ3) is 5.25. The predicted octanol–water partition coefficient (Wildman–Crippen LogP) is 1.32. The average Bonchev–Trinajstić information content (AvgIpc) is 2.98. The van der Waals surface area contributed by atoms with Gasteiger partial charge in [-0.3, -0.25) is 9.69 Å². The molecule has 2 aromatic rings. The molecular weight excluding hydrogens is 394 g/mol. The minimum atomic E-state index is -0.297. The first kappa shape index (κ1) is 22.4. The summed E-state index contributed by atoms with van der Waals surface area (Å²) in [6.45, 7) is 9.38. The summed E-state index contributed by atoms with van der Waals surface area (Å²) in [5, 5.41) is 12.7. The highest BCUT2D eigenvalue weighted by Gasteiger charge is 2.27. The molecule has 0 spiro atoms. The van der Waals surface area contributed by atoms with Gasteiger partial charge in [0, 0.05) is 12.2 Å². The molecule has 8 nitrogen and oxygen atoms in total. The predicted molar refractivity (Wildman–Crippen MR) is 117 cm³/mol. The molecule has 3 rings (SSSR count). The van der Waals surface area contributed by atoms with Crippen LogP contribution in [0.4, 0.5) is 10.6 Å². The molecule has 0 unspecified atom stereocenters. The number of nitriles is 1. The van der Waals surface area contributed by atoms with E-state index in [0.717, 1.165) is 21.7 Å². The Morgan fingerprint density at radius 3 is 2.48 bits per heavy atom. The van der Waals surface area contributed by atoms with E-state index in [1.807, 2.05) is 48.7 Å². The van der Waals surface area contributed by atoms with E-state index in [-0.39, 0.29) is 18.5 Å². The molecule has 2 N–H and O–H groups in total. The average molecular weight is 425 g/mol. The third-order valence-electron chi connectivity index (χ3n) is 5.79. The van der Waals surface area contributed by atoms with Gasteiger partial charge in [0.1, 0.15) is 11.9 Å². The molecule has 0 aliphatic carbocycles. The van der Waals surface area contributed by atoms with E-state index in [1.54, 1.807) is 11.8 Å².